The van der Waals surface area contributed by atoms with Gasteiger partial charge in [-0.3, -0.25) is 0 Å². The van der Waals surface area contributed by atoms with Crippen LogP contribution >= 0.6 is 0 Å². The smallest absolute Gasteiger partial charge is 0.343 e. The number of benzene rings is 2. The van der Waals surface area contributed by atoms with E-state index < -0.39 is 0 Å². The number of aliphatic hydroxyl groups excluding tert-OH is 1. The van der Waals surface area contributed by atoms with Crippen LogP contribution < -0.4 is 4.74 Å². The van der Waals surface area contributed by atoms with Crippen molar-refractivity contribution in [3.63, 3.8) is 0 Å². The average Bonchev–Trinajstić information content (AvgIpc) is 3.55. The molecule has 0 radical (unpaired) electrons. The Morgan fingerprint density at radius 2 is 1.87 bits per heavy atom. The molecule has 3 heteroatoms. The Kier molecular flexibility index (Phi) is 3.99. The van der Waals surface area contributed by atoms with Crippen molar-refractivity contribution >= 4 is 5.97 Å². The van der Waals surface area contributed by atoms with Crippen molar-refractivity contribution < 1.29 is 14.6 Å². The molecule has 30 heavy (non-hydrogen) atoms. The summed E-state index contributed by atoms with van der Waals surface area (Å²) in [6.45, 7) is 2.48. The first-order chi connectivity index (χ1) is 14.5. The summed E-state index contributed by atoms with van der Waals surface area (Å²) in [5.41, 5.74) is 3.95. The highest BCUT2D eigenvalue weighted by Crippen LogP contribution is 2.75. The van der Waals surface area contributed by atoms with E-state index in [4.69, 9.17) is 4.74 Å². The minimum atomic E-state index is -0.299. The van der Waals surface area contributed by atoms with Gasteiger partial charge in [0, 0.05) is 5.41 Å². The van der Waals surface area contributed by atoms with Gasteiger partial charge in [0.25, 0.3) is 0 Å². The molecule has 156 valence electrons. The second-order valence-electron chi connectivity index (χ2n) is 10.4. The maximum Gasteiger partial charge on any atom is 0.343 e. The van der Waals surface area contributed by atoms with E-state index in [9.17, 15) is 9.90 Å². The van der Waals surface area contributed by atoms with Crippen molar-refractivity contribution in [3.8, 4) is 5.75 Å². The van der Waals surface area contributed by atoms with Crippen LogP contribution in [0.25, 0.3) is 0 Å². The average molecular weight is 403 g/mol. The Morgan fingerprint density at radius 3 is 2.63 bits per heavy atom. The Hall–Kier alpha value is -2.13. The number of esters is 1. The number of aryl methyl sites for hydroxylation is 1. The number of fused-ring (bicyclic) bond motifs is 6. The van der Waals surface area contributed by atoms with Gasteiger partial charge in [0.05, 0.1) is 11.7 Å². The Morgan fingerprint density at radius 1 is 1.07 bits per heavy atom. The standard InChI is InChI=1S/C27H30O3/c1-26-12-11-21-20-10-8-19(30-25(29)17-5-3-2-4-6-17)15-18(20)7-9-22(21)23(26)16-24(28)27(26)13-14-27/h2-6,8,10,15,21-24,28H,7,9,11-14,16H2,1H3/t21?,22?,23?,24-,26+/m1/s1. The van der Waals surface area contributed by atoms with Crippen LogP contribution in [0.5, 0.6) is 5.75 Å². The second kappa shape index (κ2) is 6.43. The van der Waals surface area contributed by atoms with Crippen LogP contribution in [-0.2, 0) is 6.42 Å². The fraction of sp³-hybridized carbons (Fsp3) is 0.519. The topological polar surface area (TPSA) is 46.5 Å². The predicted octanol–water partition coefficient (Wildman–Crippen LogP) is 5.51. The zero-order valence-electron chi connectivity index (χ0n) is 17.6. The van der Waals surface area contributed by atoms with Crippen LogP contribution in [0.2, 0.25) is 0 Å². The predicted molar refractivity (Wildman–Crippen MR) is 116 cm³/mol. The van der Waals surface area contributed by atoms with Crippen LogP contribution in [0.4, 0.5) is 0 Å². The van der Waals surface area contributed by atoms with Crippen molar-refractivity contribution in [2.24, 2.45) is 22.7 Å². The summed E-state index contributed by atoms with van der Waals surface area (Å²) in [6, 6.07) is 15.4. The number of rotatable bonds is 2. The summed E-state index contributed by atoms with van der Waals surface area (Å²) in [5, 5.41) is 10.9. The van der Waals surface area contributed by atoms with Crippen molar-refractivity contribution in [2.75, 3.05) is 0 Å². The fourth-order valence-electron chi connectivity index (χ4n) is 7.62. The lowest BCUT2D eigenvalue weighted by atomic mass is 9.53. The zero-order chi connectivity index (χ0) is 20.5. The number of ether oxygens (including phenoxy) is 1. The van der Waals surface area contributed by atoms with Crippen LogP contribution in [0.1, 0.15) is 72.9 Å². The third kappa shape index (κ3) is 2.51. The molecule has 0 amide bonds. The minimum Gasteiger partial charge on any atom is -0.423 e. The van der Waals surface area contributed by atoms with Gasteiger partial charge in [-0.05, 0) is 104 Å². The van der Waals surface area contributed by atoms with Gasteiger partial charge < -0.3 is 9.84 Å². The molecule has 3 nitrogen and oxygen atoms in total. The van der Waals surface area contributed by atoms with Gasteiger partial charge in [0.1, 0.15) is 5.75 Å². The van der Waals surface area contributed by atoms with E-state index in [1.165, 1.54) is 43.2 Å². The quantitative estimate of drug-likeness (QED) is 0.532. The zero-order valence-corrected chi connectivity index (χ0v) is 17.6. The molecular formula is C27H30O3. The monoisotopic (exact) mass is 402 g/mol. The van der Waals surface area contributed by atoms with E-state index in [-0.39, 0.29) is 17.5 Å². The molecule has 2 aromatic carbocycles. The lowest BCUT2D eigenvalue weighted by molar-refractivity contribution is 0.00199. The van der Waals surface area contributed by atoms with Gasteiger partial charge in [0.15, 0.2) is 0 Å². The fourth-order valence-corrected chi connectivity index (χ4v) is 7.62. The van der Waals surface area contributed by atoms with Crippen molar-refractivity contribution in [2.45, 2.75) is 63.9 Å². The number of carbonyl (C=O) groups is 1. The lowest BCUT2D eigenvalue weighted by Gasteiger charge is -2.51. The molecule has 0 aromatic heterocycles. The first kappa shape index (κ1) is 18.6. The molecule has 1 N–H and O–H groups in total. The molecule has 0 heterocycles. The van der Waals surface area contributed by atoms with Crippen molar-refractivity contribution in [1.82, 2.24) is 0 Å². The van der Waals surface area contributed by atoms with Gasteiger partial charge in [-0.25, -0.2) is 4.79 Å². The lowest BCUT2D eigenvalue weighted by Crippen LogP contribution is -2.43. The Labute approximate surface area is 178 Å². The normalized spacial score (nSPS) is 35.3. The molecule has 1 spiro atoms. The van der Waals surface area contributed by atoms with Crippen molar-refractivity contribution in [1.29, 1.82) is 0 Å². The van der Waals surface area contributed by atoms with E-state index in [1.807, 2.05) is 24.3 Å². The third-order valence-electron chi connectivity index (χ3n) is 9.35. The Bertz CT molecular complexity index is 992. The van der Waals surface area contributed by atoms with Gasteiger partial charge >= 0.3 is 5.97 Å². The first-order valence-electron chi connectivity index (χ1n) is 11.6. The molecule has 2 aromatic rings. The van der Waals surface area contributed by atoms with Gasteiger partial charge in [-0.2, -0.15) is 0 Å². The maximum atomic E-state index is 12.4. The van der Waals surface area contributed by atoms with Crippen LogP contribution in [-0.4, -0.2) is 17.2 Å². The molecule has 0 bridgehead atoms. The summed E-state index contributed by atoms with van der Waals surface area (Å²) in [4.78, 5) is 12.4. The van der Waals surface area contributed by atoms with E-state index in [0.29, 0.717) is 34.5 Å². The second-order valence-corrected chi connectivity index (χ2v) is 10.4. The summed E-state index contributed by atoms with van der Waals surface area (Å²) in [6.07, 6.45) is 8.06. The van der Waals surface area contributed by atoms with Crippen LogP contribution in [0, 0.1) is 22.7 Å². The van der Waals surface area contributed by atoms with E-state index in [1.54, 1.807) is 12.1 Å². The molecular weight excluding hydrogens is 372 g/mol. The first-order valence-corrected chi connectivity index (χ1v) is 11.6. The van der Waals surface area contributed by atoms with Crippen molar-refractivity contribution in [3.05, 3.63) is 65.2 Å². The van der Waals surface area contributed by atoms with Crippen LogP contribution in [0.15, 0.2) is 48.5 Å². The molecule has 6 rings (SSSR count). The van der Waals surface area contributed by atoms with Gasteiger partial charge in [-0.1, -0.05) is 31.2 Å². The Balaban J connectivity index is 1.25. The minimum absolute atomic E-state index is 0.0904. The number of carbonyl (C=O) groups excluding carboxylic acids is 1. The number of hydrogen-bond donors (Lipinski definition) is 1. The molecule has 5 atom stereocenters. The van der Waals surface area contributed by atoms with E-state index >= 15 is 0 Å². The molecule has 4 aliphatic carbocycles. The SMILES string of the molecule is C[C@]12CCC3c4ccc(OC(=O)c5ccccc5)cc4CCC3C1C[C@@H](O)C21CC1. The summed E-state index contributed by atoms with van der Waals surface area (Å²) < 4.78 is 5.67. The molecule has 0 saturated heterocycles. The molecule has 3 unspecified atom stereocenters. The summed E-state index contributed by atoms with van der Waals surface area (Å²) >= 11 is 0. The number of aliphatic hydroxyl groups is 1. The summed E-state index contributed by atoms with van der Waals surface area (Å²) in [5.74, 6) is 2.27. The van der Waals surface area contributed by atoms with E-state index in [0.717, 1.165) is 12.8 Å². The van der Waals surface area contributed by atoms with Crippen LogP contribution in [0.3, 0.4) is 0 Å². The largest absolute Gasteiger partial charge is 0.423 e. The highest BCUT2D eigenvalue weighted by atomic mass is 16.5. The molecule has 3 saturated carbocycles. The van der Waals surface area contributed by atoms with Gasteiger partial charge in [0.2, 0.25) is 0 Å². The maximum absolute atomic E-state index is 12.4. The molecule has 0 aliphatic heterocycles. The van der Waals surface area contributed by atoms with Gasteiger partial charge in [-0.15, -0.1) is 0 Å². The third-order valence-corrected chi connectivity index (χ3v) is 9.35. The highest BCUT2D eigenvalue weighted by Gasteiger charge is 2.70. The molecule has 3 fully saturated rings. The summed E-state index contributed by atoms with van der Waals surface area (Å²) in [7, 11) is 0. The molecule has 4 aliphatic rings. The van der Waals surface area contributed by atoms with E-state index in [2.05, 4.69) is 19.1 Å². The highest BCUT2D eigenvalue weighted by molar-refractivity contribution is 5.91. The number of hydrogen-bond acceptors (Lipinski definition) is 3.